The molecular weight excluding hydrogens is 611 g/mol. The maximum Gasteiger partial charge on any atom is 0.339 e. The second-order valence-corrected chi connectivity index (χ2v) is 13.2. The molecule has 0 aliphatic heterocycles. The lowest BCUT2D eigenvalue weighted by Crippen LogP contribution is -2.29. The van der Waals surface area contributed by atoms with E-state index in [2.05, 4.69) is 10.1 Å². The second-order valence-electron chi connectivity index (χ2n) is 11.8. The summed E-state index contributed by atoms with van der Waals surface area (Å²) in [4.78, 5) is 23.1. The molecule has 10 heteroatoms. The van der Waals surface area contributed by atoms with Gasteiger partial charge in [-0.05, 0) is 88.2 Å². The van der Waals surface area contributed by atoms with Gasteiger partial charge in [-0.15, -0.1) is 16.4 Å². The molecule has 45 heavy (non-hydrogen) atoms. The molecule has 3 aromatic heterocycles. The standard InChI is InChI=1S/C35H32ClFN4O3S/c1-7-43-34(42)30(44-35(3,4)5)28-19(2)16-26-31(29(28)20-8-11-23(36)12-9-20)45-33(39-26)22-14-15-38-25(17-22)21-10-13-24-27(18-21)41(6)40-32(24)37/h8-18,30H,7H2,1-6H3. The minimum absolute atomic E-state index is 0.234. The molecule has 7 nitrogen and oxygen atoms in total. The van der Waals surface area contributed by atoms with E-state index < -0.39 is 23.6 Å². The summed E-state index contributed by atoms with van der Waals surface area (Å²) in [6, 6.07) is 18.9. The van der Waals surface area contributed by atoms with Gasteiger partial charge in [-0.2, -0.15) is 4.39 Å². The van der Waals surface area contributed by atoms with E-state index in [4.69, 9.17) is 26.1 Å². The third kappa shape index (κ3) is 6.08. The van der Waals surface area contributed by atoms with Crippen LogP contribution in [0, 0.1) is 12.9 Å². The van der Waals surface area contributed by atoms with E-state index in [-0.39, 0.29) is 6.61 Å². The molecule has 0 aliphatic carbocycles. The van der Waals surface area contributed by atoms with Gasteiger partial charge in [-0.25, -0.2) is 9.78 Å². The summed E-state index contributed by atoms with van der Waals surface area (Å²) < 4.78 is 28.5. The number of esters is 1. The van der Waals surface area contributed by atoms with E-state index in [9.17, 15) is 9.18 Å². The van der Waals surface area contributed by atoms with Crippen molar-refractivity contribution >= 4 is 50.0 Å². The van der Waals surface area contributed by atoms with Crippen LogP contribution in [0.5, 0.6) is 0 Å². The van der Waals surface area contributed by atoms with Crippen molar-refractivity contribution in [2.75, 3.05) is 6.61 Å². The predicted octanol–water partition coefficient (Wildman–Crippen LogP) is 9.10. The van der Waals surface area contributed by atoms with Gasteiger partial charge < -0.3 is 9.47 Å². The lowest BCUT2D eigenvalue weighted by atomic mass is 9.91. The maximum atomic E-state index is 14.2. The van der Waals surface area contributed by atoms with Crippen molar-refractivity contribution < 1.29 is 18.7 Å². The molecule has 0 bridgehead atoms. The normalized spacial score (nSPS) is 12.6. The Balaban J connectivity index is 1.53. The van der Waals surface area contributed by atoms with Gasteiger partial charge in [0.25, 0.3) is 0 Å². The first-order chi connectivity index (χ1) is 21.4. The van der Waals surface area contributed by atoms with Crippen LogP contribution in [-0.2, 0) is 21.3 Å². The van der Waals surface area contributed by atoms with Gasteiger partial charge in [-0.1, -0.05) is 29.8 Å². The summed E-state index contributed by atoms with van der Waals surface area (Å²) >= 11 is 7.81. The Labute approximate surface area is 269 Å². The van der Waals surface area contributed by atoms with Crippen LogP contribution in [0.4, 0.5) is 4.39 Å². The van der Waals surface area contributed by atoms with E-state index >= 15 is 0 Å². The molecule has 0 saturated carbocycles. The van der Waals surface area contributed by atoms with Crippen LogP contribution in [0.25, 0.3) is 54.1 Å². The highest BCUT2D eigenvalue weighted by Crippen LogP contribution is 2.45. The van der Waals surface area contributed by atoms with Crippen LogP contribution < -0.4 is 0 Å². The number of hydrogen-bond acceptors (Lipinski definition) is 7. The van der Waals surface area contributed by atoms with E-state index in [0.717, 1.165) is 54.3 Å². The van der Waals surface area contributed by atoms with Crippen LogP contribution in [-0.4, -0.2) is 37.9 Å². The molecule has 0 aliphatic rings. The molecule has 6 rings (SSSR count). The molecule has 0 fully saturated rings. The molecule has 1 atom stereocenters. The number of fused-ring (bicyclic) bond motifs is 2. The van der Waals surface area contributed by atoms with Crippen LogP contribution in [0.2, 0.25) is 5.02 Å². The average molecular weight is 643 g/mol. The van der Waals surface area contributed by atoms with Gasteiger partial charge in [-0.3, -0.25) is 9.67 Å². The Kier molecular flexibility index (Phi) is 8.20. The van der Waals surface area contributed by atoms with Crippen molar-refractivity contribution in [1.29, 1.82) is 0 Å². The highest BCUT2D eigenvalue weighted by Gasteiger charge is 2.33. The Morgan fingerprint density at radius 2 is 1.78 bits per heavy atom. The van der Waals surface area contributed by atoms with Crippen LogP contribution in [0.3, 0.4) is 0 Å². The largest absolute Gasteiger partial charge is 0.464 e. The van der Waals surface area contributed by atoms with E-state index in [1.54, 1.807) is 26.2 Å². The second kappa shape index (κ2) is 12.0. The lowest BCUT2D eigenvalue weighted by Gasteiger charge is -2.29. The first-order valence-electron chi connectivity index (χ1n) is 14.6. The molecule has 230 valence electrons. The minimum atomic E-state index is -0.954. The van der Waals surface area contributed by atoms with Crippen molar-refractivity contribution in [3.8, 4) is 33.0 Å². The Hall–Kier alpha value is -4.18. The van der Waals surface area contributed by atoms with Gasteiger partial charge >= 0.3 is 5.97 Å². The molecule has 0 amide bonds. The van der Waals surface area contributed by atoms with Crippen molar-refractivity contribution in [2.45, 2.75) is 46.3 Å². The first kappa shape index (κ1) is 30.8. The number of benzene rings is 3. The number of halogens is 2. The Morgan fingerprint density at radius 3 is 2.49 bits per heavy atom. The van der Waals surface area contributed by atoms with E-state index in [1.807, 2.05) is 82.3 Å². The number of carbonyl (C=O) groups is 1. The minimum Gasteiger partial charge on any atom is -0.464 e. The number of ether oxygens (including phenoxy) is 2. The number of pyridine rings is 1. The van der Waals surface area contributed by atoms with Crippen molar-refractivity contribution in [2.24, 2.45) is 7.05 Å². The molecule has 0 N–H and O–H groups in total. The molecule has 0 spiro atoms. The summed E-state index contributed by atoms with van der Waals surface area (Å²) in [7, 11) is 1.72. The predicted molar refractivity (Wildman–Crippen MR) is 178 cm³/mol. The molecule has 3 aromatic carbocycles. The van der Waals surface area contributed by atoms with Gasteiger partial charge in [0.1, 0.15) is 5.01 Å². The molecule has 1 unspecified atom stereocenters. The zero-order valence-corrected chi connectivity index (χ0v) is 27.4. The van der Waals surface area contributed by atoms with Gasteiger partial charge in [0.2, 0.25) is 5.95 Å². The monoisotopic (exact) mass is 642 g/mol. The van der Waals surface area contributed by atoms with Crippen LogP contribution in [0.15, 0.2) is 66.9 Å². The fraction of sp³-hybridized carbons (Fsp3) is 0.257. The fourth-order valence-corrected chi connectivity index (χ4v) is 6.71. The number of rotatable bonds is 7. The van der Waals surface area contributed by atoms with Gasteiger partial charge in [0.05, 0.1) is 39.0 Å². The number of thiazole rings is 1. The lowest BCUT2D eigenvalue weighted by molar-refractivity contribution is -0.166. The number of aryl methyl sites for hydroxylation is 2. The quantitative estimate of drug-likeness (QED) is 0.162. The van der Waals surface area contributed by atoms with Gasteiger partial charge in [0.15, 0.2) is 6.10 Å². The summed E-state index contributed by atoms with van der Waals surface area (Å²) in [6.45, 7) is 9.75. The molecular formula is C35H32ClFN4O3S. The Bertz CT molecular complexity index is 2060. The molecule has 0 saturated heterocycles. The maximum absolute atomic E-state index is 14.2. The number of carbonyl (C=O) groups excluding carboxylic acids is 1. The highest BCUT2D eigenvalue weighted by molar-refractivity contribution is 7.22. The summed E-state index contributed by atoms with van der Waals surface area (Å²) in [5, 5.41) is 5.75. The number of hydrogen-bond donors (Lipinski definition) is 0. The van der Waals surface area contributed by atoms with Crippen LogP contribution in [0.1, 0.15) is 44.9 Å². The van der Waals surface area contributed by atoms with Crippen molar-refractivity contribution in [3.63, 3.8) is 0 Å². The smallest absolute Gasteiger partial charge is 0.339 e. The molecule has 3 heterocycles. The zero-order chi connectivity index (χ0) is 32.0. The third-order valence-electron chi connectivity index (χ3n) is 7.40. The van der Waals surface area contributed by atoms with Crippen molar-refractivity contribution in [1.82, 2.24) is 19.7 Å². The fourth-order valence-electron chi connectivity index (χ4n) is 5.47. The van der Waals surface area contributed by atoms with Gasteiger partial charge in [0, 0.05) is 40.5 Å². The zero-order valence-electron chi connectivity index (χ0n) is 25.8. The SMILES string of the molecule is CCOC(=O)C(OC(C)(C)C)c1c(C)cc2nc(-c3ccnc(-c4ccc5c(F)nn(C)c5c4)c3)sc2c1-c1ccc(Cl)cc1. The van der Waals surface area contributed by atoms with Crippen LogP contribution >= 0.6 is 22.9 Å². The average Bonchev–Trinajstić information content (AvgIpc) is 3.55. The third-order valence-corrected chi connectivity index (χ3v) is 8.79. The number of aromatic nitrogens is 4. The topological polar surface area (TPSA) is 79.1 Å². The van der Waals surface area contributed by atoms with Crippen molar-refractivity contribution in [3.05, 3.63) is 89.0 Å². The summed E-state index contributed by atoms with van der Waals surface area (Å²) in [6.07, 6.45) is 0.792. The first-order valence-corrected chi connectivity index (χ1v) is 15.8. The molecule has 0 radical (unpaired) electrons. The molecule has 6 aromatic rings. The Morgan fingerprint density at radius 1 is 1.04 bits per heavy atom. The summed E-state index contributed by atoms with van der Waals surface area (Å²) in [5.41, 5.74) is 6.64. The highest BCUT2D eigenvalue weighted by atomic mass is 35.5. The number of nitrogens with zero attached hydrogens (tertiary/aromatic N) is 4. The summed E-state index contributed by atoms with van der Waals surface area (Å²) in [5.74, 6) is -0.946. The van der Waals surface area contributed by atoms with E-state index in [1.165, 1.54) is 16.0 Å². The van der Waals surface area contributed by atoms with E-state index in [0.29, 0.717) is 15.9 Å².